The van der Waals surface area contributed by atoms with Gasteiger partial charge in [0, 0.05) is 117 Å². The van der Waals surface area contributed by atoms with Gasteiger partial charge in [-0.05, 0) is 161 Å². The number of likely N-dealkylation sites (tertiary alicyclic amines) is 1. The molecule has 4 aromatic carbocycles. The van der Waals surface area contributed by atoms with Gasteiger partial charge in [-0.15, -0.1) is 11.8 Å². The first-order valence-corrected chi connectivity index (χ1v) is 27.7. The maximum absolute atomic E-state index is 13.4. The number of anilines is 2. The fourth-order valence-corrected chi connectivity index (χ4v) is 12.2. The van der Waals surface area contributed by atoms with E-state index in [1.807, 2.05) is 56.8 Å². The number of amides is 1. The molecule has 0 spiro atoms. The molecule has 10 nitrogen and oxygen atoms in total. The number of nitrogens with zero attached hydrogens (tertiary/aromatic N) is 4. The summed E-state index contributed by atoms with van der Waals surface area (Å²) >= 11 is 8.27. The predicted octanol–water partition coefficient (Wildman–Crippen LogP) is 11.1. The molecule has 1 amide bonds. The van der Waals surface area contributed by atoms with Gasteiger partial charge in [0.15, 0.2) is 0 Å². The molecule has 12 heteroatoms. The van der Waals surface area contributed by atoms with Crippen molar-refractivity contribution in [1.82, 2.24) is 20.0 Å². The molecule has 3 heterocycles. The Bertz CT molecular complexity index is 2380. The smallest absolute Gasteiger partial charge is 0.306 e. The van der Waals surface area contributed by atoms with Crippen LogP contribution in [0.2, 0.25) is 5.02 Å². The summed E-state index contributed by atoms with van der Waals surface area (Å²) < 4.78 is 11.3. The molecule has 3 saturated heterocycles. The van der Waals surface area contributed by atoms with Gasteiger partial charge in [-0.3, -0.25) is 19.4 Å². The lowest BCUT2D eigenvalue weighted by molar-refractivity contribution is -0.156. The Morgan fingerprint density at radius 1 is 0.887 bits per heavy atom. The van der Waals surface area contributed by atoms with Gasteiger partial charge in [-0.1, -0.05) is 66.6 Å². The zero-order valence-corrected chi connectivity index (χ0v) is 44.7. The number of aryl methyl sites for hydroxylation is 1. The molecule has 0 aromatic heterocycles. The maximum atomic E-state index is 13.4. The summed E-state index contributed by atoms with van der Waals surface area (Å²) in [6.07, 6.45) is 7.03. The quantitative estimate of drug-likeness (QED) is 0.0699. The second-order valence-corrected chi connectivity index (χ2v) is 23.5. The van der Waals surface area contributed by atoms with Gasteiger partial charge in [-0.2, -0.15) is 0 Å². The summed E-state index contributed by atoms with van der Waals surface area (Å²) in [6, 6.07) is 34.0. The molecule has 382 valence electrons. The topological polar surface area (TPSA) is 89.6 Å². The highest BCUT2D eigenvalue weighted by atomic mass is 35.5. The average molecular weight is 1000 g/mol. The molecule has 3 aliphatic heterocycles. The third kappa shape index (κ3) is 16.1. The van der Waals surface area contributed by atoms with Gasteiger partial charge < -0.3 is 29.9 Å². The van der Waals surface area contributed by atoms with Gasteiger partial charge in [-0.25, -0.2) is 0 Å². The molecular weight excluding hydrogens is 924 g/mol. The molecular formula is C59H79ClN6O4S. The number of piperidine rings is 1. The Balaban J connectivity index is 0.822. The van der Waals surface area contributed by atoms with Crippen molar-refractivity contribution in [2.75, 3.05) is 101 Å². The number of esters is 1. The number of ether oxygens (including phenoxy) is 2. The summed E-state index contributed by atoms with van der Waals surface area (Å²) in [4.78, 5) is 37.7. The fraction of sp³-hybridized carbons (Fsp3) is 0.525. The highest BCUT2D eigenvalue weighted by Gasteiger charge is 2.36. The van der Waals surface area contributed by atoms with Gasteiger partial charge in [0.25, 0.3) is 5.91 Å². The largest absolute Gasteiger partial charge is 0.460 e. The zero-order chi connectivity index (χ0) is 49.8. The van der Waals surface area contributed by atoms with E-state index < -0.39 is 5.60 Å². The number of thioether (sulfide) groups is 1. The van der Waals surface area contributed by atoms with E-state index in [1.165, 1.54) is 21.6 Å². The van der Waals surface area contributed by atoms with E-state index in [2.05, 4.69) is 117 Å². The number of benzene rings is 4. The molecule has 2 N–H and O–H groups in total. The number of nitrogens with one attached hydrogen (secondary N) is 2. The number of carbonyl (C=O) groups excluding carboxylic acids is 2. The number of piperazine rings is 1. The summed E-state index contributed by atoms with van der Waals surface area (Å²) in [5.74, 6) is 1.19. The van der Waals surface area contributed by atoms with Crippen LogP contribution >= 0.6 is 23.4 Å². The molecule has 3 fully saturated rings. The van der Waals surface area contributed by atoms with Crippen molar-refractivity contribution in [2.24, 2.45) is 11.3 Å². The molecule has 8 rings (SSSR count). The number of halogens is 1. The van der Waals surface area contributed by atoms with Crippen molar-refractivity contribution in [2.45, 2.75) is 103 Å². The number of hydrogen-bond acceptors (Lipinski definition) is 10. The van der Waals surface area contributed by atoms with Crippen LogP contribution in [0.3, 0.4) is 0 Å². The lowest BCUT2D eigenvalue weighted by Gasteiger charge is -2.44. The van der Waals surface area contributed by atoms with Crippen LogP contribution in [-0.2, 0) is 20.8 Å². The first-order chi connectivity index (χ1) is 34.2. The third-order valence-electron chi connectivity index (χ3n) is 14.8. The molecule has 0 saturated carbocycles. The van der Waals surface area contributed by atoms with E-state index in [-0.39, 0.29) is 17.3 Å². The molecule has 0 bridgehead atoms. The minimum atomic E-state index is -0.449. The van der Waals surface area contributed by atoms with Gasteiger partial charge in [0.2, 0.25) is 0 Å². The van der Waals surface area contributed by atoms with E-state index in [0.29, 0.717) is 30.5 Å². The van der Waals surface area contributed by atoms with E-state index in [1.54, 1.807) is 5.57 Å². The van der Waals surface area contributed by atoms with Crippen LogP contribution in [0.4, 0.5) is 11.4 Å². The second kappa shape index (κ2) is 25.0. The normalized spacial score (nSPS) is 21.2. The maximum Gasteiger partial charge on any atom is 0.306 e. The Morgan fingerprint density at radius 3 is 2.35 bits per heavy atom. The van der Waals surface area contributed by atoms with E-state index in [0.717, 1.165) is 151 Å². The highest BCUT2D eigenvalue weighted by Crippen LogP contribution is 2.44. The molecule has 1 unspecified atom stereocenters. The van der Waals surface area contributed by atoms with Crippen molar-refractivity contribution in [3.8, 4) is 0 Å². The summed E-state index contributed by atoms with van der Waals surface area (Å²) in [6.45, 7) is 23.5. The Labute approximate surface area is 434 Å². The lowest BCUT2D eigenvalue weighted by Crippen LogP contribution is -2.48. The van der Waals surface area contributed by atoms with Crippen LogP contribution in [0, 0.1) is 18.3 Å². The van der Waals surface area contributed by atoms with Crippen molar-refractivity contribution in [3.05, 3.63) is 130 Å². The second-order valence-electron chi connectivity index (χ2n) is 22.0. The fourth-order valence-electron chi connectivity index (χ4n) is 11.1. The van der Waals surface area contributed by atoms with Crippen LogP contribution < -0.4 is 15.5 Å². The van der Waals surface area contributed by atoms with Gasteiger partial charge in [0.1, 0.15) is 5.60 Å². The standard InChI is InChI=1S/C59H79ClN6O4S/c1-44-36-45(13-22-55(44)62-51(24-27-63-32-34-69-35-33-63)42-71-53-11-7-6-8-12-53)39-61-57(68)48-16-20-52(21-17-48)66-30-28-64(29-31-66)41-49-38-59(5,25-23-54(49)47-14-18-50(60)19-15-47)43-65-26-9-10-46(40-65)37-56(67)70-58(2,3)4/h6-8,11-22,36,46,51,62H,9-10,23-35,37-43H2,1-5H3,(H,61,68)/t46-,51+,59?/m0/s1. The first-order valence-electron chi connectivity index (χ1n) is 26.3. The Kier molecular flexibility index (Phi) is 18.7. The third-order valence-corrected chi connectivity index (χ3v) is 16.2. The van der Waals surface area contributed by atoms with Crippen LogP contribution in [0.1, 0.15) is 99.7 Å². The molecule has 0 radical (unpaired) electrons. The monoisotopic (exact) mass is 1000 g/mol. The van der Waals surface area contributed by atoms with Gasteiger partial charge in [0.05, 0.1) is 13.2 Å². The lowest BCUT2D eigenvalue weighted by atomic mass is 9.70. The van der Waals surface area contributed by atoms with Crippen LogP contribution in [-0.4, -0.2) is 129 Å². The summed E-state index contributed by atoms with van der Waals surface area (Å²) in [5.41, 5.74) is 9.27. The molecule has 4 aliphatic rings. The van der Waals surface area contributed by atoms with Crippen molar-refractivity contribution in [1.29, 1.82) is 0 Å². The predicted molar refractivity (Wildman–Crippen MR) is 294 cm³/mol. The Morgan fingerprint density at radius 2 is 1.63 bits per heavy atom. The van der Waals surface area contributed by atoms with Gasteiger partial charge >= 0.3 is 5.97 Å². The molecule has 3 atom stereocenters. The molecule has 71 heavy (non-hydrogen) atoms. The number of rotatable bonds is 19. The van der Waals surface area contributed by atoms with E-state index >= 15 is 0 Å². The van der Waals surface area contributed by atoms with E-state index in [9.17, 15) is 9.59 Å². The van der Waals surface area contributed by atoms with Crippen molar-refractivity contribution >= 4 is 52.2 Å². The summed E-state index contributed by atoms with van der Waals surface area (Å²) in [5, 5.41) is 7.82. The minimum absolute atomic E-state index is 0.0625. The molecule has 4 aromatic rings. The summed E-state index contributed by atoms with van der Waals surface area (Å²) in [7, 11) is 0. The Hall–Kier alpha value is -4.36. The number of morpholine rings is 1. The first kappa shape index (κ1) is 52.9. The number of carbonyl (C=O) groups is 2. The molecule has 1 aliphatic carbocycles. The minimum Gasteiger partial charge on any atom is -0.460 e. The van der Waals surface area contributed by atoms with Crippen LogP contribution in [0.5, 0.6) is 0 Å². The van der Waals surface area contributed by atoms with Crippen LogP contribution in [0.25, 0.3) is 5.57 Å². The average Bonchev–Trinajstić information content (AvgIpc) is 3.35. The number of allylic oxidation sites excluding steroid dienone is 1. The van der Waals surface area contributed by atoms with Crippen molar-refractivity contribution < 1.29 is 19.1 Å². The highest BCUT2D eigenvalue weighted by molar-refractivity contribution is 7.99. The van der Waals surface area contributed by atoms with Crippen molar-refractivity contribution in [3.63, 3.8) is 0 Å². The van der Waals surface area contributed by atoms with Crippen LogP contribution in [0.15, 0.2) is 108 Å². The van der Waals surface area contributed by atoms with E-state index in [4.69, 9.17) is 21.1 Å². The number of hydrogen-bond donors (Lipinski definition) is 2. The zero-order valence-electron chi connectivity index (χ0n) is 43.2. The SMILES string of the molecule is Cc1cc(CNC(=O)c2ccc(N3CCN(CC4=C(c5ccc(Cl)cc5)CCC(C)(CN5CCC[C@@H](CC(=O)OC(C)(C)C)C5)C4)CC3)cc2)ccc1N[C@H](CCN1CCOCC1)CSc1ccccc1.